The quantitative estimate of drug-likeness (QED) is 0.486. The molecule has 4 nitrogen and oxygen atoms in total. The number of nitrogens with zero attached hydrogens (tertiary/aromatic N) is 1. The molecule has 7 heteroatoms. The van der Waals surface area contributed by atoms with Crippen molar-refractivity contribution in [2.75, 3.05) is 7.11 Å². The van der Waals surface area contributed by atoms with Gasteiger partial charge >= 0.3 is 5.97 Å². The fourth-order valence-electron chi connectivity index (χ4n) is 1.84. The van der Waals surface area contributed by atoms with Crippen molar-refractivity contribution in [3.8, 4) is 0 Å². The molecule has 0 saturated carbocycles. The van der Waals surface area contributed by atoms with Gasteiger partial charge in [-0.1, -0.05) is 36.1 Å². The second-order valence-corrected chi connectivity index (χ2v) is 5.98. The van der Waals surface area contributed by atoms with E-state index < -0.39 is 12.0 Å². The Balaban J connectivity index is 2.28. The number of hydrogen-bond acceptors (Lipinski definition) is 5. The smallest absolute Gasteiger partial charge is 0.328 e. The Bertz CT molecular complexity index is 645. The average Bonchev–Trinajstić information content (AvgIpc) is 2.72. The Morgan fingerprint density at radius 3 is 2.86 bits per heavy atom. The van der Waals surface area contributed by atoms with Crippen LogP contribution in [0.3, 0.4) is 0 Å². The van der Waals surface area contributed by atoms with E-state index in [4.69, 9.17) is 12.2 Å². The fourth-order valence-corrected chi connectivity index (χ4v) is 3.26. The molecule has 0 N–H and O–H groups in total. The number of halogens is 1. The predicted molar refractivity (Wildman–Crippen MR) is 82.9 cm³/mol. The number of esters is 1. The zero-order valence-corrected chi connectivity index (χ0v) is 13.0. The number of carbonyl (C=O) groups excluding carboxylic acids is 2. The third kappa shape index (κ3) is 3.30. The molecular formula is C14H12FNO3S2. The Morgan fingerprint density at radius 1 is 1.52 bits per heavy atom. The maximum absolute atomic E-state index is 13.2. The van der Waals surface area contributed by atoms with Gasteiger partial charge in [0.05, 0.1) is 12.0 Å². The lowest BCUT2D eigenvalue weighted by Gasteiger charge is -2.20. The summed E-state index contributed by atoms with van der Waals surface area (Å²) in [5.74, 6) is -1.31. The van der Waals surface area contributed by atoms with Crippen LogP contribution < -0.4 is 0 Å². The van der Waals surface area contributed by atoms with E-state index in [0.717, 1.165) is 11.8 Å². The Hall–Kier alpha value is -1.73. The first-order valence-corrected chi connectivity index (χ1v) is 7.27. The van der Waals surface area contributed by atoms with Crippen LogP contribution >= 0.6 is 24.0 Å². The van der Waals surface area contributed by atoms with Crippen LogP contribution in [0.25, 0.3) is 6.08 Å². The highest BCUT2D eigenvalue weighted by atomic mass is 32.2. The van der Waals surface area contributed by atoms with E-state index in [1.807, 2.05) is 0 Å². The number of rotatable bonds is 3. The van der Waals surface area contributed by atoms with Crippen molar-refractivity contribution < 1.29 is 18.7 Å². The standard InChI is InChI=1S/C14H12FNO3S2/c1-8(13(18)19-2)16-12(17)11(21-14(16)20)7-9-4-3-5-10(15)6-9/h3-8H,1-2H3/b11-7-/t8-/m0/s1. The fraction of sp³-hybridized carbons (Fsp3) is 0.214. The van der Waals surface area contributed by atoms with Gasteiger partial charge in [0.15, 0.2) is 0 Å². The number of benzene rings is 1. The largest absolute Gasteiger partial charge is 0.467 e. The van der Waals surface area contributed by atoms with Crippen LogP contribution in [0.5, 0.6) is 0 Å². The maximum Gasteiger partial charge on any atom is 0.328 e. The molecule has 1 aliphatic rings. The van der Waals surface area contributed by atoms with E-state index in [9.17, 15) is 14.0 Å². The molecule has 1 amide bonds. The van der Waals surface area contributed by atoms with Gasteiger partial charge in [-0.25, -0.2) is 9.18 Å². The number of carbonyl (C=O) groups is 2. The molecule has 1 aromatic rings. The molecule has 1 fully saturated rings. The number of ether oxygens (including phenoxy) is 1. The van der Waals surface area contributed by atoms with Crippen LogP contribution in [0.2, 0.25) is 0 Å². The maximum atomic E-state index is 13.2. The van der Waals surface area contributed by atoms with E-state index >= 15 is 0 Å². The zero-order chi connectivity index (χ0) is 15.6. The number of thiocarbonyl (C=S) groups is 1. The van der Waals surface area contributed by atoms with Crippen molar-refractivity contribution in [3.63, 3.8) is 0 Å². The molecule has 1 saturated heterocycles. The summed E-state index contributed by atoms with van der Waals surface area (Å²) >= 11 is 6.20. The highest BCUT2D eigenvalue weighted by Crippen LogP contribution is 2.34. The molecule has 1 aromatic carbocycles. The second-order valence-electron chi connectivity index (χ2n) is 4.31. The Kier molecular flexibility index (Phi) is 4.74. The minimum absolute atomic E-state index is 0.278. The van der Waals surface area contributed by atoms with Gasteiger partial charge in [0.2, 0.25) is 0 Å². The van der Waals surface area contributed by atoms with Gasteiger partial charge in [0, 0.05) is 0 Å². The van der Waals surface area contributed by atoms with Gasteiger partial charge in [-0.15, -0.1) is 0 Å². The highest BCUT2D eigenvalue weighted by Gasteiger charge is 2.38. The summed E-state index contributed by atoms with van der Waals surface area (Å²) < 4.78 is 18.1. The first-order chi connectivity index (χ1) is 9.93. The molecule has 21 heavy (non-hydrogen) atoms. The lowest BCUT2D eigenvalue weighted by Crippen LogP contribution is -2.42. The van der Waals surface area contributed by atoms with E-state index in [1.54, 1.807) is 25.1 Å². The van der Waals surface area contributed by atoms with Crippen LogP contribution in [0, 0.1) is 5.82 Å². The lowest BCUT2D eigenvalue weighted by atomic mass is 10.2. The summed E-state index contributed by atoms with van der Waals surface area (Å²) in [5, 5.41) is 0. The monoisotopic (exact) mass is 325 g/mol. The summed E-state index contributed by atoms with van der Waals surface area (Å²) in [4.78, 5) is 25.4. The van der Waals surface area contributed by atoms with Crippen LogP contribution in [0.15, 0.2) is 29.2 Å². The van der Waals surface area contributed by atoms with E-state index in [0.29, 0.717) is 10.5 Å². The molecule has 0 spiro atoms. The molecule has 0 aliphatic carbocycles. The molecule has 0 radical (unpaired) electrons. The molecule has 1 atom stereocenters. The summed E-state index contributed by atoms with van der Waals surface area (Å²) in [5.41, 5.74) is 0.557. The van der Waals surface area contributed by atoms with Crippen LogP contribution in [0.1, 0.15) is 12.5 Å². The number of amides is 1. The van der Waals surface area contributed by atoms with Crippen molar-refractivity contribution in [2.45, 2.75) is 13.0 Å². The minimum atomic E-state index is -0.791. The van der Waals surface area contributed by atoms with E-state index in [1.165, 1.54) is 24.1 Å². The van der Waals surface area contributed by atoms with Crippen molar-refractivity contribution in [1.29, 1.82) is 0 Å². The third-order valence-electron chi connectivity index (χ3n) is 2.90. The summed E-state index contributed by atoms with van der Waals surface area (Å²) in [7, 11) is 1.25. The first-order valence-electron chi connectivity index (χ1n) is 6.04. The molecule has 110 valence electrons. The number of hydrogen-bond donors (Lipinski definition) is 0. The van der Waals surface area contributed by atoms with Crippen LogP contribution in [-0.2, 0) is 14.3 Å². The number of thioether (sulfide) groups is 1. The first kappa shape index (κ1) is 15.7. The van der Waals surface area contributed by atoms with Gasteiger partial charge in [-0.3, -0.25) is 9.69 Å². The van der Waals surface area contributed by atoms with Crippen LogP contribution in [-0.4, -0.2) is 34.2 Å². The average molecular weight is 325 g/mol. The van der Waals surface area contributed by atoms with Gasteiger partial charge in [0.1, 0.15) is 16.2 Å². The van der Waals surface area contributed by atoms with Crippen LogP contribution in [0.4, 0.5) is 4.39 Å². The molecular weight excluding hydrogens is 313 g/mol. The normalized spacial score (nSPS) is 18.2. The number of methoxy groups -OCH3 is 1. The molecule has 0 bridgehead atoms. The Morgan fingerprint density at radius 2 is 2.24 bits per heavy atom. The molecule has 1 heterocycles. The zero-order valence-electron chi connectivity index (χ0n) is 11.3. The summed E-state index contributed by atoms with van der Waals surface area (Å²) in [6.45, 7) is 1.54. The molecule has 0 aromatic heterocycles. The van der Waals surface area contributed by atoms with Crippen molar-refractivity contribution in [1.82, 2.24) is 4.90 Å². The summed E-state index contributed by atoms with van der Waals surface area (Å²) in [6, 6.07) is 5.08. The molecule has 2 rings (SSSR count). The van der Waals surface area contributed by atoms with E-state index in [2.05, 4.69) is 4.74 Å². The van der Waals surface area contributed by atoms with Gasteiger partial charge < -0.3 is 4.74 Å². The summed E-state index contributed by atoms with van der Waals surface area (Å²) in [6.07, 6.45) is 1.55. The van der Waals surface area contributed by atoms with Gasteiger partial charge in [0.25, 0.3) is 5.91 Å². The van der Waals surface area contributed by atoms with Gasteiger partial charge in [-0.05, 0) is 30.7 Å². The Labute approximate surface area is 130 Å². The minimum Gasteiger partial charge on any atom is -0.467 e. The predicted octanol–water partition coefficient (Wildman–Crippen LogP) is 2.59. The highest BCUT2D eigenvalue weighted by molar-refractivity contribution is 8.26. The van der Waals surface area contributed by atoms with E-state index in [-0.39, 0.29) is 16.0 Å². The van der Waals surface area contributed by atoms with Gasteiger partial charge in [-0.2, -0.15) is 0 Å². The third-order valence-corrected chi connectivity index (χ3v) is 4.23. The van der Waals surface area contributed by atoms with Crippen molar-refractivity contribution in [3.05, 3.63) is 40.6 Å². The molecule has 1 aliphatic heterocycles. The molecule has 0 unspecified atom stereocenters. The second kappa shape index (κ2) is 6.36. The van der Waals surface area contributed by atoms with Crippen molar-refractivity contribution >= 4 is 46.3 Å². The SMILES string of the molecule is COC(=O)[C@H](C)N1C(=O)/C(=C/c2cccc(F)c2)SC1=S. The van der Waals surface area contributed by atoms with Crippen molar-refractivity contribution in [2.24, 2.45) is 0 Å². The topological polar surface area (TPSA) is 46.6 Å². The lowest BCUT2D eigenvalue weighted by molar-refractivity contribution is -0.147.